The van der Waals surface area contributed by atoms with E-state index in [2.05, 4.69) is 60.7 Å². The largest absolute Gasteiger partial charge is 0.0788 e. The number of hydrogen-bond acceptors (Lipinski definition) is 0. The lowest BCUT2D eigenvalue weighted by Gasteiger charge is -2.68. The van der Waals surface area contributed by atoms with E-state index >= 15 is 0 Å². The molecule has 0 radical (unpaired) electrons. The lowest BCUT2D eigenvalue weighted by molar-refractivity contribution is 0.0220. The molecule has 0 aliphatic heterocycles. The van der Waals surface area contributed by atoms with Gasteiger partial charge in [0.25, 0.3) is 0 Å². The van der Waals surface area contributed by atoms with E-state index in [-0.39, 0.29) is 0 Å². The Labute approximate surface area is 106 Å². The third-order valence-corrected chi connectivity index (χ3v) is 5.30. The summed E-state index contributed by atoms with van der Waals surface area (Å²) >= 11 is 2.65. The van der Waals surface area contributed by atoms with Gasteiger partial charge in [0.15, 0.2) is 0 Å². The van der Waals surface area contributed by atoms with E-state index in [4.69, 9.17) is 0 Å². The molecule has 0 spiro atoms. The monoisotopic (exact) mass is 312 g/mol. The molecule has 3 aliphatic rings. The van der Waals surface area contributed by atoms with Crippen LogP contribution in [0.3, 0.4) is 0 Å². The van der Waals surface area contributed by atoms with Gasteiger partial charge < -0.3 is 0 Å². The topological polar surface area (TPSA) is 0 Å². The Kier molecular flexibility index (Phi) is 2.02. The second-order valence-corrected chi connectivity index (χ2v) is 8.03. The van der Waals surface area contributed by atoms with E-state index in [1.54, 1.807) is 5.56 Å². The Morgan fingerprint density at radius 1 is 1.07 bits per heavy atom. The minimum atomic E-state index is 0.594. The first-order chi connectivity index (χ1) is 7.03. The fourth-order valence-electron chi connectivity index (χ4n) is 3.19. The molecule has 0 nitrogen and oxygen atoms in total. The molecule has 80 valence electrons. The fraction of sp³-hybridized carbons (Fsp3) is 0.571. The van der Waals surface area contributed by atoms with Gasteiger partial charge in [-0.1, -0.05) is 60.7 Å². The summed E-state index contributed by atoms with van der Waals surface area (Å²) in [5, 5.41) is 0. The van der Waals surface area contributed by atoms with Crippen molar-refractivity contribution in [2.45, 2.75) is 47.9 Å². The molecular weight excluding hydrogens is 295 g/mol. The smallest absolute Gasteiger partial charge is 0.0247 e. The molecule has 0 aromatic heterocycles. The van der Waals surface area contributed by atoms with Gasteiger partial charge in [-0.05, 0) is 41.7 Å². The van der Waals surface area contributed by atoms with Crippen molar-refractivity contribution in [1.82, 2.24) is 0 Å². The molecule has 0 atom stereocenters. The van der Waals surface area contributed by atoms with E-state index in [0.717, 1.165) is 0 Å². The van der Waals surface area contributed by atoms with Crippen LogP contribution in [0.4, 0.5) is 0 Å². The molecular formula is C14H17I. The summed E-state index contributed by atoms with van der Waals surface area (Å²) in [6, 6.07) is 9.37. The first-order valence-corrected chi connectivity index (χ1v) is 6.90. The molecule has 0 unspecified atom stereocenters. The second kappa shape index (κ2) is 2.99. The SMILES string of the molecule is CC(C)c1ccc(C23CC(I)(C2)C3)cc1. The minimum absolute atomic E-state index is 0.594. The lowest BCUT2D eigenvalue weighted by Crippen LogP contribution is -2.65. The highest BCUT2D eigenvalue weighted by Gasteiger charge is 2.66. The van der Waals surface area contributed by atoms with Gasteiger partial charge in [0.1, 0.15) is 0 Å². The molecule has 0 heterocycles. The van der Waals surface area contributed by atoms with Crippen LogP contribution in [0.15, 0.2) is 24.3 Å². The van der Waals surface area contributed by atoms with E-state index < -0.39 is 0 Å². The Morgan fingerprint density at radius 3 is 2.00 bits per heavy atom. The third kappa shape index (κ3) is 1.38. The Balaban J connectivity index is 1.83. The van der Waals surface area contributed by atoms with Gasteiger partial charge in [-0.15, -0.1) is 0 Å². The molecule has 3 fully saturated rings. The average molecular weight is 312 g/mol. The van der Waals surface area contributed by atoms with Crippen LogP contribution in [0.1, 0.15) is 50.2 Å². The van der Waals surface area contributed by atoms with E-state index in [0.29, 0.717) is 14.8 Å². The predicted octanol–water partition coefficient (Wildman–Crippen LogP) is 4.42. The van der Waals surface area contributed by atoms with Gasteiger partial charge >= 0.3 is 0 Å². The van der Waals surface area contributed by atoms with Crippen LogP contribution in [0.2, 0.25) is 0 Å². The predicted molar refractivity (Wildman–Crippen MR) is 72.8 cm³/mol. The number of alkyl halides is 1. The van der Waals surface area contributed by atoms with Crippen LogP contribution in [-0.4, -0.2) is 3.42 Å². The van der Waals surface area contributed by atoms with Gasteiger partial charge in [0.05, 0.1) is 0 Å². The summed E-state index contributed by atoms with van der Waals surface area (Å²) in [5.41, 5.74) is 3.65. The van der Waals surface area contributed by atoms with Gasteiger partial charge in [-0.25, -0.2) is 0 Å². The van der Waals surface area contributed by atoms with Crippen LogP contribution in [0.25, 0.3) is 0 Å². The number of benzene rings is 1. The molecule has 3 saturated carbocycles. The third-order valence-electron chi connectivity index (χ3n) is 4.16. The first kappa shape index (κ1) is 10.1. The molecule has 1 aromatic rings. The van der Waals surface area contributed by atoms with Crippen molar-refractivity contribution in [1.29, 1.82) is 0 Å². The van der Waals surface area contributed by atoms with Crippen LogP contribution < -0.4 is 0 Å². The summed E-state index contributed by atoms with van der Waals surface area (Å²) in [6.45, 7) is 4.52. The lowest BCUT2D eigenvalue weighted by atomic mass is 9.42. The highest BCUT2D eigenvalue weighted by molar-refractivity contribution is 14.1. The van der Waals surface area contributed by atoms with Crippen molar-refractivity contribution in [2.75, 3.05) is 0 Å². The van der Waals surface area contributed by atoms with Crippen LogP contribution in [0.5, 0.6) is 0 Å². The summed E-state index contributed by atoms with van der Waals surface area (Å²) < 4.78 is 0.689. The molecule has 15 heavy (non-hydrogen) atoms. The van der Waals surface area contributed by atoms with Crippen LogP contribution in [-0.2, 0) is 5.41 Å². The number of hydrogen-bond donors (Lipinski definition) is 0. The molecule has 4 rings (SSSR count). The van der Waals surface area contributed by atoms with Gasteiger partial charge in [-0.2, -0.15) is 0 Å². The van der Waals surface area contributed by atoms with E-state index in [1.165, 1.54) is 24.8 Å². The summed E-state index contributed by atoms with van der Waals surface area (Å²) in [7, 11) is 0. The highest BCUT2D eigenvalue weighted by atomic mass is 127. The van der Waals surface area contributed by atoms with Gasteiger partial charge in [0.2, 0.25) is 0 Å². The van der Waals surface area contributed by atoms with Crippen molar-refractivity contribution in [3.8, 4) is 0 Å². The second-order valence-electron chi connectivity index (χ2n) is 5.74. The molecule has 2 bridgehead atoms. The molecule has 0 N–H and O–H groups in total. The van der Waals surface area contributed by atoms with Gasteiger partial charge in [-0.3, -0.25) is 0 Å². The zero-order chi connectivity index (χ0) is 10.7. The summed E-state index contributed by atoms with van der Waals surface area (Å²) in [6.07, 6.45) is 4.25. The van der Waals surface area contributed by atoms with Crippen molar-refractivity contribution in [3.05, 3.63) is 35.4 Å². The Hall–Kier alpha value is -0.0500. The summed E-state index contributed by atoms with van der Waals surface area (Å²) in [4.78, 5) is 0. The Bertz CT molecular complexity index is 369. The number of halogens is 1. The molecule has 1 heteroatoms. The van der Waals surface area contributed by atoms with E-state index in [9.17, 15) is 0 Å². The highest BCUT2D eigenvalue weighted by Crippen LogP contribution is 2.72. The molecule has 0 saturated heterocycles. The molecule has 1 aromatic carbocycles. The maximum absolute atomic E-state index is 2.65. The zero-order valence-electron chi connectivity index (χ0n) is 9.39. The quantitative estimate of drug-likeness (QED) is 0.560. The van der Waals surface area contributed by atoms with Gasteiger partial charge in [0, 0.05) is 3.42 Å². The maximum Gasteiger partial charge on any atom is 0.0247 e. The standard InChI is InChI=1S/C14H17I/c1-10(2)11-3-5-12(6-4-11)13-7-14(15,8-13)9-13/h3-6,10H,7-9H2,1-2H3. The first-order valence-electron chi connectivity index (χ1n) is 5.83. The van der Waals surface area contributed by atoms with Crippen LogP contribution >= 0.6 is 22.6 Å². The zero-order valence-corrected chi connectivity index (χ0v) is 11.5. The Morgan fingerprint density at radius 2 is 1.60 bits per heavy atom. The number of rotatable bonds is 2. The normalized spacial score (nSPS) is 37.3. The van der Waals surface area contributed by atoms with Crippen molar-refractivity contribution in [2.24, 2.45) is 0 Å². The maximum atomic E-state index is 2.65. The minimum Gasteiger partial charge on any atom is -0.0788 e. The summed E-state index contributed by atoms with van der Waals surface area (Å²) in [5.74, 6) is 0.656. The fourth-order valence-corrected chi connectivity index (χ4v) is 5.38. The van der Waals surface area contributed by atoms with Crippen LogP contribution in [0, 0.1) is 0 Å². The molecule has 3 aliphatic carbocycles. The van der Waals surface area contributed by atoms with Crippen molar-refractivity contribution >= 4 is 22.6 Å². The average Bonchev–Trinajstić information content (AvgIpc) is 2.12. The van der Waals surface area contributed by atoms with Crippen molar-refractivity contribution in [3.63, 3.8) is 0 Å². The van der Waals surface area contributed by atoms with E-state index in [1.807, 2.05) is 0 Å². The van der Waals surface area contributed by atoms with Crippen molar-refractivity contribution < 1.29 is 0 Å². The molecule has 0 amide bonds.